The molecule has 1 heterocycles. The molecule has 108 valence electrons. The van der Waals surface area contributed by atoms with E-state index in [4.69, 9.17) is 16.3 Å². The van der Waals surface area contributed by atoms with Crippen LogP contribution < -0.4 is 10.1 Å². The largest absolute Gasteiger partial charge is 0.484 e. The molecule has 0 saturated carbocycles. The first kappa shape index (κ1) is 14.7. The summed E-state index contributed by atoms with van der Waals surface area (Å²) in [6.45, 7) is 2.79. The Kier molecular flexibility index (Phi) is 4.84. The zero-order chi connectivity index (χ0) is 14.5. The van der Waals surface area contributed by atoms with Crippen molar-refractivity contribution in [1.82, 2.24) is 10.2 Å². The topological polar surface area (TPSA) is 58.6 Å². The van der Waals surface area contributed by atoms with Crippen LogP contribution in [0.25, 0.3) is 0 Å². The van der Waals surface area contributed by atoms with Crippen LogP contribution in [-0.2, 0) is 9.59 Å². The Balaban J connectivity index is 1.95. The molecular weight excluding hydrogens is 280 g/mol. The lowest BCUT2D eigenvalue weighted by molar-refractivity contribution is -0.144. The summed E-state index contributed by atoms with van der Waals surface area (Å²) in [5, 5.41) is 3.31. The monoisotopic (exact) mass is 296 g/mol. The van der Waals surface area contributed by atoms with Crippen LogP contribution in [0.2, 0.25) is 5.02 Å². The van der Waals surface area contributed by atoms with Crippen molar-refractivity contribution in [3.63, 3.8) is 0 Å². The van der Waals surface area contributed by atoms with Gasteiger partial charge >= 0.3 is 0 Å². The highest BCUT2D eigenvalue weighted by Crippen LogP contribution is 2.17. The maximum absolute atomic E-state index is 12.2. The van der Waals surface area contributed by atoms with E-state index < -0.39 is 6.04 Å². The van der Waals surface area contributed by atoms with Crippen molar-refractivity contribution < 1.29 is 14.3 Å². The summed E-state index contributed by atoms with van der Waals surface area (Å²) in [7, 11) is 0. The minimum absolute atomic E-state index is 0.0931. The third kappa shape index (κ3) is 3.42. The molecule has 1 aromatic carbocycles. The SMILES string of the molecule is CCC1C(=O)NCCN1C(=O)COc1cccc(Cl)c1. The first-order valence-electron chi connectivity index (χ1n) is 6.57. The number of carbonyl (C=O) groups is 2. The van der Waals surface area contributed by atoms with Crippen LogP contribution in [0.15, 0.2) is 24.3 Å². The van der Waals surface area contributed by atoms with E-state index in [1.54, 1.807) is 29.2 Å². The van der Waals surface area contributed by atoms with Crippen molar-refractivity contribution in [1.29, 1.82) is 0 Å². The lowest BCUT2D eigenvalue weighted by Gasteiger charge is -2.34. The van der Waals surface area contributed by atoms with Crippen molar-refractivity contribution in [3.05, 3.63) is 29.3 Å². The van der Waals surface area contributed by atoms with Gasteiger partial charge in [-0.1, -0.05) is 24.6 Å². The van der Waals surface area contributed by atoms with Gasteiger partial charge in [0.05, 0.1) is 0 Å². The van der Waals surface area contributed by atoms with Crippen LogP contribution in [0.1, 0.15) is 13.3 Å². The van der Waals surface area contributed by atoms with Crippen molar-refractivity contribution in [2.24, 2.45) is 0 Å². The van der Waals surface area contributed by atoms with Crippen LogP contribution in [0.3, 0.4) is 0 Å². The summed E-state index contributed by atoms with van der Waals surface area (Å²) >= 11 is 5.85. The standard InChI is InChI=1S/C14H17ClN2O3/c1-2-12-14(19)16-6-7-17(12)13(18)9-20-11-5-3-4-10(15)8-11/h3-5,8,12H,2,6-7,9H2,1H3,(H,16,19). The van der Waals surface area contributed by atoms with Gasteiger partial charge in [0, 0.05) is 18.1 Å². The molecule has 1 N–H and O–H groups in total. The number of nitrogens with one attached hydrogen (secondary N) is 1. The highest BCUT2D eigenvalue weighted by molar-refractivity contribution is 6.30. The van der Waals surface area contributed by atoms with Gasteiger partial charge in [0.15, 0.2) is 6.61 Å². The van der Waals surface area contributed by atoms with Gasteiger partial charge in [-0.2, -0.15) is 0 Å². The smallest absolute Gasteiger partial charge is 0.261 e. The van der Waals surface area contributed by atoms with E-state index >= 15 is 0 Å². The zero-order valence-corrected chi connectivity index (χ0v) is 12.0. The molecule has 0 radical (unpaired) electrons. The third-order valence-electron chi connectivity index (χ3n) is 3.20. The predicted octanol–water partition coefficient (Wildman–Crippen LogP) is 1.46. The average molecular weight is 297 g/mol. The third-order valence-corrected chi connectivity index (χ3v) is 3.43. The number of hydrogen-bond donors (Lipinski definition) is 1. The number of carbonyl (C=O) groups excluding carboxylic acids is 2. The first-order valence-corrected chi connectivity index (χ1v) is 6.95. The number of ether oxygens (including phenoxy) is 1. The number of rotatable bonds is 4. The lowest BCUT2D eigenvalue weighted by atomic mass is 10.1. The van der Waals surface area contributed by atoms with E-state index in [-0.39, 0.29) is 18.4 Å². The number of benzene rings is 1. The molecule has 0 aromatic heterocycles. The number of piperazine rings is 1. The molecule has 1 atom stereocenters. The van der Waals surface area contributed by atoms with Crippen molar-refractivity contribution in [3.8, 4) is 5.75 Å². The quantitative estimate of drug-likeness (QED) is 0.915. The summed E-state index contributed by atoms with van der Waals surface area (Å²) in [6.07, 6.45) is 0.592. The van der Waals surface area contributed by atoms with Crippen LogP contribution in [-0.4, -0.2) is 42.5 Å². The van der Waals surface area contributed by atoms with Crippen LogP contribution in [0.4, 0.5) is 0 Å². The molecule has 6 heteroatoms. The Labute approximate surface area is 122 Å². The molecule has 0 bridgehead atoms. The molecule has 1 fully saturated rings. The van der Waals surface area contributed by atoms with Gasteiger partial charge in [0.1, 0.15) is 11.8 Å². The number of amides is 2. The normalized spacial score (nSPS) is 18.6. The van der Waals surface area contributed by atoms with Gasteiger partial charge in [-0.25, -0.2) is 0 Å². The molecule has 1 saturated heterocycles. The van der Waals surface area contributed by atoms with Gasteiger partial charge in [-0.3, -0.25) is 9.59 Å². The molecule has 1 aliphatic heterocycles. The maximum atomic E-state index is 12.2. The second-order valence-corrected chi connectivity index (χ2v) is 4.98. The van der Waals surface area contributed by atoms with Crippen molar-refractivity contribution in [2.75, 3.05) is 19.7 Å². The van der Waals surface area contributed by atoms with Crippen LogP contribution >= 0.6 is 11.6 Å². The first-order chi connectivity index (χ1) is 9.61. The maximum Gasteiger partial charge on any atom is 0.261 e. The molecule has 2 rings (SSSR count). The second-order valence-electron chi connectivity index (χ2n) is 4.55. The highest BCUT2D eigenvalue weighted by Gasteiger charge is 2.31. The van der Waals surface area contributed by atoms with E-state index in [1.165, 1.54) is 0 Å². The van der Waals surface area contributed by atoms with E-state index in [0.717, 1.165) is 0 Å². The van der Waals surface area contributed by atoms with Gasteiger partial charge in [-0.05, 0) is 24.6 Å². The fourth-order valence-corrected chi connectivity index (χ4v) is 2.38. The molecule has 0 spiro atoms. The zero-order valence-electron chi connectivity index (χ0n) is 11.3. The minimum Gasteiger partial charge on any atom is -0.484 e. The van der Waals surface area contributed by atoms with Crippen LogP contribution in [0.5, 0.6) is 5.75 Å². The van der Waals surface area contributed by atoms with E-state index in [9.17, 15) is 9.59 Å². The number of halogens is 1. The van der Waals surface area contributed by atoms with Gasteiger partial charge < -0.3 is 15.0 Å². The number of nitrogens with zero attached hydrogens (tertiary/aromatic N) is 1. The Morgan fingerprint density at radius 3 is 3.05 bits per heavy atom. The minimum atomic E-state index is -0.404. The molecule has 5 nitrogen and oxygen atoms in total. The van der Waals surface area contributed by atoms with E-state index in [2.05, 4.69) is 5.32 Å². The Hall–Kier alpha value is -1.75. The fraction of sp³-hybridized carbons (Fsp3) is 0.429. The summed E-state index contributed by atoms with van der Waals surface area (Å²) in [6, 6.07) is 6.47. The summed E-state index contributed by atoms with van der Waals surface area (Å²) in [4.78, 5) is 25.4. The van der Waals surface area contributed by atoms with E-state index in [0.29, 0.717) is 30.3 Å². The van der Waals surface area contributed by atoms with Crippen LogP contribution in [0, 0.1) is 0 Å². The molecule has 1 unspecified atom stereocenters. The second kappa shape index (κ2) is 6.61. The Morgan fingerprint density at radius 1 is 1.55 bits per heavy atom. The van der Waals surface area contributed by atoms with E-state index in [1.807, 2.05) is 6.92 Å². The fourth-order valence-electron chi connectivity index (χ4n) is 2.20. The Bertz CT molecular complexity index is 507. The van der Waals surface area contributed by atoms with Crippen molar-refractivity contribution in [2.45, 2.75) is 19.4 Å². The number of hydrogen-bond acceptors (Lipinski definition) is 3. The Morgan fingerprint density at radius 2 is 2.35 bits per heavy atom. The highest BCUT2D eigenvalue weighted by atomic mass is 35.5. The van der Waals surface area contributed by atoms with Gasteiger partial charge in [0.2, 0.25) is 5.91 Å². The molecule has 2 amide bonds. The summed E-state index contributed by atoms with van der Waals surface area (Å²) in [5.74, 6) is 0.252. The molecule has 0 aliphatic carbocycles. The summed E-state index contributed by atoms with van der Waals surface area (Å²) < 4.78 is 5.42. The molecule has 20 heavy (non-hydrogen) atoms. The average Bonchev–Trinajstić information content (AvgIpc) is 2.44. The van der Waals surface area contributed by atoms with Crippen molar-refractivity contribution >= 4 is 23.4 Å². The van der Waals surface area contributed by atoms with Gasteiger partial charge in [0.25, 0.3) is 5.91 Å². The van der Waals surface area contributed by atoms with Gasteiger partial charge in [-0.15, -0.1) is 0 Å². The predicted molar refractivity (Wildman–Crippen MR) is 75.7 cm³/mol. The molecule has 1 aromatic rings. The molecular formula is C14H17ClN2O3. The lowest BCUT2D eigenvalue weighted by Crippen LogP contribution is -2.57. The summed E-state index contributed by atoms with van der Waals surface area (Å²) in [5.41, 5.74) is 0. The molecule has 1 aliphatic rings.